The maximum atomic E-state index is 14.6. The van der Waals surface area contributed by atoms with Gasteiger partial charge in [0.05, 0.1) is 16.6 Å². The Morgan fingerprint density at radius 1 is 1.16 bits per heavy atom. The van der Waals surface area contributed by atoms with E-state index in [1.165, 1.54) is 29.6 Å². The topological polar surface area (TPSA) is 88.1 Å². The first-order valence-corrected chi connectivity index (χ1v) is 12.8. The van der Waals surface area contributed by atoms with Gasteiger partial charge in [0.2, 0.25) is 11.7 Å². The Kier molecular flexibility index (Phi) is 7.99. The second-order valence-corrected chi connectivity index (χ2v) is 10.5. The normalized spacial score (nSPS) is 21.1. The molecule has 0 radical (unpaired) electrons. The van der Waals surface area contributed by atoms with Crippen molar-refractivity contribution in [2.24, 2.45) is 0 Å². The van der Waals surface area contributed by atoms with Gasteiger partial charge in [-0.25, -0.2) is 27.3 Å². The molecule has 0 aliphatic carbocycles. The highest BCUT2D eigenvalue weighted by molar-refractivity contribution is 9.10. The fraction of sp³-hybridized carbons (Fsp3) is 0.304. The molecule has 7 nitrogen and oxygen atoms in total. The third-order valence-corrected chi connectivity index (χ3v) is 8.14. The molecule has 3 heterocycles. The molecule has 1 amide bonds. The van der Waals surface area contributed by atoms with Crippen molar-refractivity contribution in [3.63, 3.8) is 0 Å². The van der Waals surface area contributed by atoms with Crippen LogP contribution in [0.4, 0.5) is 22.0 Å². The second kappa shape index (κ2) is 10.9. The van der Waals surface area contributed by atoms with Gasteiger partial charge in [0.25, 0.3) is 0 Å². The van der Waals surface area contributed by atoms with Gasteiger partial charge in [0.15, 0.2) is 0 Å². The van der Waals surface area contributed by atoms with Gasteiger partial charge in [0, 0.05) is 41.6 Å². The minimum Gasteiger partial charge on any atom is -0.351 e. The van der Waals surface area contributed by atoms with E-state index < -0.39 is 53.0 Å². The van der Waals surface area contributed by atoms with Crippen LogP contribution < -0.4 is 5.32 Å². The zero-order chi connectivity index (χ0) is 26.9. The van der Waals surface area contributed by atoms with Crippen molar-refractivity contribution in [1.82, 2.24) is 24.6 Å². The number of rotatable bonds is 6. The van der Waals surface area contributed by atoms with Crippen molar-refractivity contribution in [2.75, 3.05) is 0 Å². The van der Waals surface area contributed by atoms with Gasteiger partial charge in [-0.1, -0.05) is 0 Å². The summed E-state index contributed by atoms with van der Waals surface area (Å²) in [5, 5.41) is 2.70. The quantitative estimate of drug-likeness (QED) is 0.416. The number of pyridine rings is 1. The van der Waals surface area contributed by atoms with Crippen LogP contribution in [0.1, 0.15) is 24.7 Å². The second-order valence-electron chi connectivity index (χ2n) is 8.24. The van der Waals surface area contributed by atoms with Crippen molar-refractivity contribution >= 4 is 32.8 Å². The van der Waals surface area contributed by atoms with Crippen LogP contribution in [0, 0.1) is 5.82 Å². The maximum absolute atomic E-state index is 14.6. The molecule has 1 aliphatic rings. The number of hydrogen-bond donors (Lipinski definition) is 1. The molecule has 2 aromatic heterocycles. The molecule has 4 rings (SSSR count). The molecule has 0 saturated carbocycles. The van der Waals surface area contributed by atoms with E-state index in [1.807, 2.05) is 0 Å². The Bertz CT molecular complexity index is 1310. The molecule has 0 bridgehead atoms. The number of amides is 1. The summed E-state index contributed by atoms with van der Waals surface area (Å²) in [7, 11) is -1.91. The number of alkyl halides is 4. The van der Waals surface area contributed by atoms with Crippen LogP contribution in [0.5, 0.6) is 0 Å². The molecule has 196 valence electrons. The van der Waals surface area contributed by atoms with E-state index in [4.69, 9.17) is 0 Å². The number of carbonyl (C=O) groups excluding carboxylic acids is 1. The van der Waals surface area contributed by atoms with Crippen molar-refractivity contribution < 1.29 is 31.0 Å². The number of nitrogens with one attached hydrogen (secondary N) is 1. The smallest absolute Gasteiger partial charge is 0.351 e. The lowest BCUT2D eigenvalue weighted by molar-refractivity contribution is -0.145. The van der Waals surface area contributed by atoms with Crippen LogP contribution in [0.25, 0.3) is 11.3 Å². The molecule has 1 aromatic carbocycles. The largest absolute Gasteiger partial charge is 0.451 e. The van der Waals surface area contributed by atoms with E-state index in [0.29, 0.717) is 10.0 Å². The first kappa shape index (κ1) is 27.2. The average molecular weight is 604 g/mol. The molecule has 1 saturated heterocycles. The zero-order valence-electron chi connectivity index (χ0n) is 19.0. The number of carbonyl (C=O) groups is 1. The van der Waals surface area contributed by atoms with Crippen LogP contribution in [0.2, 0.25) is 0 Å². The Labute approximate surface area is 219 Å². The summed E-state index contributed by atoms with van der Waals surface area (Å²) < 4.78 is 80.9. The number of halogens is 6. The molecule has 4 atom stereocenters. The Balaban J connectivity index is 1.49. The van der Waals surface area contributed by atoms with E-state index in [2.05, 4.69) is 36.2 Å². The third-order valence-electron chi connectivity index (χ3n) is 5.78. The summed E-state index contributed by atoms with van der Waals surface area (Å²) in [4.78, 5) is 24.1. The highest BCUT2D eigenvalue weighted by atomic mass is 79.9. The number of aromatic nitrogens is 3. The van der Waals surface area contributed by atoms with E-state index in [1.54, 1.807) is 6.07 Å². The van der Waals surface area contributed by atoms with E-state index in [9.17, 15) is 31.0 Å². The van der Waals surface area contributed by atoms with Crippen molar-refractivity contribution in [1.29, 1.82) is 0 Å². The summed E-state index contributed by atoms with van der Waals surface area (Å²) in [5.41, 5.74) is 1.05. The van der Waals surface area contributed by atoms with Crippen LogP contribution in [0.15, 0.2) is 58.3 Å². The molecule has 1 aliphatic heterocycles. The van der Waals surface area contributed by atoms with Crippen molar-refractivity contribution in [3.8, 4) is 11.3 Å². The Morgan fingerprint density at radius 2 is 1.81 bits per heavy atom. The fourth-order valence-corrected chi connectivity index (χ4v) is 5.62. The van der Waals surface area contributed by atoms with Gasteiger partial charge in [0.1, 0.15) is 29.0 Å². The standard InChI is InChI=1S/C23H19BrF5N5O2S/c1-12-18(26)7-20(34(12)37(36)16-4-2-15(25)3-5-16)21(35)31-8-13-6-19(30-11-17(13)24)14-9-32-22(33-10-14)23(27,28)29/h2-6,9-12,18,20H,7-8H2,1H3,(H,31,35). The van der Waals surface area contributed by atoms with E-state index in [-0.39, 0.29) is 29.1 Å². The molecular formula is C23H19BrF5N5O2S. The number of hydrogen-bond acceptors (Lipinski definition) is 5. The van der Waals surface area contributed by atoms with E-state index >= 15 is 0 Å². The maximum Gasteiger partial charge on any atom is 0.451 e. The summed E-state index contributed by atoms with van der Waals surface area (Å²) in [5.74, 6) is -2.36. The van der Waals surface area contributed by atoms with Gasteiger partial charge >= 0.3 is 6.18 Å². The zero-order valence-corrected chi connectivity index (χ0v) is 21.4. The molecule has 1 N–H and O–H groups in total. The number of nitrogens with zero attached hydrogens (tertiary/aromatic N) is 4. The molecular weight excluding hydrogens is 585 g/mol. The van der Waals surface area contributed by atoms with Crippen molar-refractivity contribution in [3.05, 3.63) is 70.6 Å². The molecule has 14 heteroatoms. The summed E-state index contributed by atoms with van der Waals surface area (Å²) in [6.45, 7) is 1.49. The van der Waals surface area contributed by atoms with Crippen LogP contribution in [0.3, 0.4) is 0 Å². The van der Waals surface area contributed by atoms with Crippen LogP contribution in [-0.2, 0) is 28.5 Å². The van der Waals surface area contributed by atoms with Crippen LogP contribution >= 0.6 is 15.9 Å². The lowest BCUT2D eigenvalue weighted by atomic mass is 10.1. The highest BCUT2D eigenvalue weighted by Crippen LogP contribution is 2.32. The van der Waals surface area contributed by atoms with Gasteiger partial charge in [-0.05, 0) is 58.7 Å². The Morgan fingerprint density at radius 3 is 2.43 bits per heavy atom. The predicted octanol–water partition coefficient (Wildman–Crippen LogP) is 4.60. The van der Waals surface area contributed by atoms with Crippen LogP contribution in [-0.4, -0.2) is 47.6 Å². The molecule has 37 heavy (non-hydrogen) atoms. The van der Waals surface area contributed by atoms with Gasteiger partial charge < -0.3 is 5.32 Å². The third kappa shape index (κ3) is 6.02. The SMILES string of the molecule is CC1C(F)CC(C(=O)NCc2cc(-c3cnc(C(F)(F)F)nc3)ncc2Br)N1S(=O)c1ccc(F)cc1. The Hall–Kier alpha value is -2.84. The minimum atomic E-state index is -4.67. The summed E-state index contributed by atoms with van der Waals surface area (Å²) >= 11 is 3.32. The lowest BCUT2D eigenvalue weighted by Gasteiger charge is -2.26. The number of benzene rings is 1. The van der Waals surface area contributed by atoms with Gasteiger partial charge in [-0.3, -0.25) is 9.78 Å². The first-order chi connectivity index (χ1) is 17.5. The average Bonchev–Trinajstić information content (AvgIpc) is 3.17. The molecule has 4 unspecified atom stereocenters. The monoisotopic (exact) mass is 603 g/mol. The fourth-order valence-electron chi connectivity index (χ4n) is 3.80. The lowest BCUT2D eigenvalue weighted by Crippen LogP contribution is -2.46. The van der Waals surface area contributed by atoms with Crippen molar-refractivity contribution in [2.45, 2.75) is 49.2 Å². The molecule has 1 fully saturated rings. The summed E-state index contributed by atoms with van der Waals surface area (Å²) in [6.07, 6.45) is -2.84. The first-order valence-electron chi connectivity index (χ1n) is 10.9. The molecule has 3 aromatic rings. The molecule has 0 spiro atoms. The highest BCUT2D eigenvalue weighted by Gasteiger charge is 2.46. The van der Waals surface area contributed by atoms with Gasteiger partial charge in [-0.2, -0.15) is 13.2 Å². The summed E-state index contributed by atoms with van der Waals surface area (Å²) in [6, 6.07) is 4.59. The van der Waals surface area contributed by atoms with E-state index in [0.717, 1.165) is 24.5 Å². The minimum absolute atomic E-state index is 0.0325. The van der Waals surface area contributed by atoms with Gasteiger partial charge in [-0.15, -0.1) is 0 Å². The predicted molar refractivity (Wildman–Crippen MR) is 127 cm³/mol.